The van der Waals surface area contributed by atoms with Crippen LogP contribution in [0.25, 0.3) is 0 Å². The topological polar surface area (TPSA) is 67.2 Å². The van der Waals surface area contributed by atoms with Crippen molar-refractivity contribution in [1.29, 1.82) is 0 Å². The maximum Gasteiger partial charge on any atom is 0.261 e. The Morgan fingerprint density at radius 1 is 1.47 bits per heavy atom. The van der Waals surface area contributed by atoms with Crippen LogP contribution in [0, 0.1) is 5.41 Å². The lowest BCUT2D eigenvalue weighted by Gasteiger charge is -2.22. The molecule has 2 aliphatic heterocycles. The fourth-order valence-electron chi connectivity index (χ4n) is 3.06. The number of hydrogen-bond acceptors (Lipinski definition) is 4. The predicted molar refractivity (Wildman–Crippen MR) is 71.5 cm³/mol. The molecule has 1 spiro atoms. The van der Waals surface area contributed by atoms with Crippen molar-refractivity contribution < 1.29 is 8.42 Å². The lowest BCUT2D eigenvalue weighted by atomic mass is 9.87. The second-order valence-electron chi connectivity index (χ2n) is 5.44. The van der Waals surface area contributed by atoms with Crippen molar-refractivity contribution in [3.8, 4) is 0 Å². The van der Waals surface area contributed by atoms with E-state index < -0.39 is 10.0 Å². The number of aromatic nitrogens is 2. The van der Waals surface area contributed by atoms with Crippen LogP contribution in [0.2, 0.25) is 5.02 Å². The fraction of sp³-hybridized carbons (Fsp3) is 0.727. The minimum absolute atomic E-state index is 0.0946. The van der Waals surface area contributed by atoms with E-state index in [4.69, 9.17) is 11.6 Å². The zero-order valence-electron chi connectivity index (χ0n) is 10.8. The second-order valence-corrected chi connectivity index (χ2v) is 7.70. The van der Waals surface area contributed by atoms with Gasteiger partial charge in [0.15, 0.2) is 5.03 Å². The Balaban J connectivity index is 1.90. The van der Waals surface area contributed by atoms with E-state index in [0.29, 0.717) is 13.1 Å². The van der Waals surface area contributed by atoms with Gasteiger partial charge in [-0.3, -0.25) is 4.68 Å². The lowest BCUT2D eigenvalue weighted by Crippen LogP contribution is -2.34. The van der Waals surface area contributed by atoms with Crippen LogP contribution in [0.3, 0.4) is 0 Å². The predicted octanol–water partition coefficient (Wildman–Crippen LogP) is 0.448. The number of aryl methyl sites for hydroxylation is 1. The highest BCUT2D eigenvalue weighted by Gasteiger charge is 2.45. The van der Waals surface area contributed by atoms with Crippen LogP contribution in [-0.2, 0) is 17.1 Å². The van der Waals surface area contributed by atoms with Crippen LogP contribution in [0.5, 0.6) is 0 Å². The summed E-state index contributed by atoms with van der Waals surface area (Å²) in [5, 5.41) is 7.51. The van der Waals surface area contributed by atoms with Gasteiger partial charge in [0.05, 0.1) is 11.2 Å². The molecule has 1 aromatic heterocycles. The monoisotopic (exact) mass is 304 g/mol. The molecule has 0 radical (unpaired) electrons. The number of sulfonamides is 1. The molecule has 1 unspecified atom stereocenters. The van der Waals surface area contributed by atoms with Crippen molar-refractivity contribution in [3.63, 3.8) is 0 Å². The Morgan fingerprint density at radius 2 is 2.26 bits per heavy atom. The van der Waals surface area contributed by atoms with Crippen molar-refractivity contribution in [3.05, 3.63) is 11.2 Å². The molecule has 2 fully saturated rings. The van der Waals surface area contributed by atoms with Crippen molar-refractivity contribution in [2.45, 2.75) is 17.9 Å². The Morgan fingerprint density at radius 3 is 2.84 bits per heavy atom. The molecule has 2 aliphatic rings. The number of nitrogens with one attached hydrogen (secondary N) is 1. The summed E-state index contributed by atoms with van der Waals surface area (Å²) in [5.41, 5.74) is 0.109. The molecule has 0 bridgehead atoms. The summed E-state index contributed by atoms with van der Waals surface area (Å²) in [4.78, 5) is 0. The quantitative estimate of drug-likeness (QED) is 0.861. The third-order valence-corrected chi connectivity index (χ3v) is 6.52. The van der Waals surface area contributed by atoms with Crippen molar-refractivity contribution in [1.82, 2.24) is 19.4 Å². The van der Waals surface area contributed by atoms with Crippen molar-refractivity contribution in [2.24, 2.45) is 12.5 Å². The third-order valence-electron chi connectivity index (χ3n) is 4.16. The van der Waals surface area contributed by atoms with Gasteiger partial charge in [-0.15, -0.1) is 0 Å². The molecule has 0 aliphatic carbocycles. The summed E-state index contributed by atoms with van der Waals surface area (Å²) in [7, 11) is -1.95. The summed E-state index contributed by atoms with van der Waals surface area (Å²) < 4.78 is 28.1. The van der Waals surface area contributed by atoms with Crippen LogP contribution in [-0.4, -0.2) is 48.7 Å². The van der Waals surface area contributed by atoms with Gasteiger partial charge >= 0.3 is 0 Å². The zero-order valence-corrected chi connectivity index (χ0v) is 12.3. The van der Waals surface area contributed by atoms with Crippen LogP contribution in [0.4, 0.5) is 0 Å². The van der Waals surface area contributed by atoms with Gasteiger partial charge in [0.1, 0.15) is 0 Å². The van der Waals surface area contributed by atoms with Gasteiger partial charge in [0.2, 0.25) is 0 Å². The largest absolute Gasteiger partial charge is 0.316 e. The van der Waals surface area contributed by atoms with E-state index in [0.717, 1.165) is 25.9 Å². The van der Waals surface area contributed by atoms with Crippen molar-refractivity contribution in [2.75, 3.05) is 26.2 Å². The average molecular weight is 305 g/mol. The molecule has 6 nitrogen and oxygen atoms in total. The maximum atomic E-state index is 12.6. The number of hydrogen-bond donors (Lipinski definition) is 1. The average Bonchev–Trinajstić information content (AvgIpc) is 3.04. The van der Waals surface area contributed by atoms with Crippen molar-refractivity contribution >= 4 is 21.6 Å². The summed E-state index contributed by atoms with van der Waals surface area (Å²) in [6.07, 6.45) is 3.32. The Hall–Kier alpha value is -0.630. The van der Waals surface area contributed by atoms with Crippen LogP contribution in [0.1, 0.15) is 12.8 Å². The molecule has 0 aromatic carbocycles. The first kappa shape index (κ1) is 13.4. The molecule has 0 amide bonds. The molecule has 1 atom stereocenters. The van der Waals surface area contributed by atoms with E-state index >= 15 is 0 Å². The molecule has 1 aromatic rings. The number of halogens is 1. The number of nitrogens with zero attached hydrogens (tertiary/aromatic N) is 3. The van der Waals surface area contributed by atoms with E-state index in [2.05, 4.69) is 10.4 Å². The SMILES string of the molecule is Cn1ncc(Cl)c1S(=O)(=O)N1CCC2(CCNC2)C1. The van der Waals surface area contributed by atoms with Crippen LogP contribution >= 0.6 is 11.6 Å². The van der Waals surface area contributed by atoms with Gasteiger partial charge in [-0.25, -0.2) is 8.42 Å². The van der Waals surface area contributed by atoms with Gasteiger partial charge in [0, 0.05) is 26.7 Å². The van der Waals surface area contributed by atoms with Crippen LogP contribution < -0.4 is 5.32 Å². The maximum absolute atomic E-state index is 12.6. The standard InChI is InChI=1S/C11H17ClN4O2S/c1-15-10(9(12)6-14-15)19(17,18)16-5-3-11(8-16)2-4-13-7-11/h6,13H,2-5,7-8H2,1H3. The Kier molecular flexibility index (Phi) is 3.12. The molecule has 2 saturated heterocycles. The first-order valence-electron chi connectivity index (χ1n) is 6.33. The summed E-state index contributed by atoms with van der Waals surface area (Å²) in [6, 6.07) is 0. The summed E-state index contributed by atoms with van der Waals surface area (Å²) >= 11 is 5.96. The van der Waals surface area contributed by atoms with E-state index in [1.807, 2.05) is 0 Å². The smallest absolute Gasteiger partial charge is 0.261 e. The third kappa shape index (κ3) is 2.08. The van der Waals surface area contributed by atoms with E-state index in [1.54, 1.807) is 11.4 Å². The second kappa shape index (κ2) is 4.44. The van der Waals surface area contributed by atoms with Gasteiger partial charge < -0.3 is 5.32 Å². The highest BCUT2D eigenvalue weighted by molar-refractivity contribution is 7.89. The summed E-state index contributed by atoms with van der Waals surface area (Å²) in [6.45, 7) is 3.01. The highest BCUT2D eigenvalue weighted by atomic mass is 35.5. The Labute approximate surface area is 117 Å². The van der Waals surface area contributed by atoms with Gasteiger partial charge in [-0.1, -0.05) is 11.6 Å². The number of rotatable bonds is 2. The first-order chi connectivity index (χ1) is 8.95. The summed E-state index contributed by atoms with van der Waals surface area (Å²) in [5.74, 6) is 0. The van der Waals surface area contributed by atoms with Gasteiger partial charge in [-0.2, -0.15) is 9.40 Å². The zero-order chi connectivity index (χ0) is 13.7. The normalized spacial score (nSPS) is 28.5. The molecule has 1 N–H and O–H groups in total. The minimum atomic E-state index is -3.55. The van der Waals surface area contributed by atoms with E-state index in [9.17, 15) is 8.42 Å². The van der Waals surface area contributed by atoms with E-state index in [-0.39, 0.29) is 15.5 Å². The van der Waals surface area contributed by atoms with Crippen LogP contribution in [0.15, 0.2) is 11.2 Å². The van der Waals surface area contributed by atoms with E-state index in [1.165, 1.54) is 10.9 Å². The lowest BCUT2D eigenvalue weighted by molar-refractivity contribution is 0.337. The fourth-order valence-corrected chi connectivity index (χ4v) is 5.21. The molecule has 0 saturated carbocycles. The molecule has 19 heavy (non-hydrogen) atoms. The van der Waals surface area contributed by atoms with Gasteiger partial charge in [-0.05, 0) is 24.8 Å². The molecular formula is C11H17ClN4O2S. The first-order valence-corrected chi connectivity index (χ1v) is 8.15. The highest BCUT2D eigenvalue weighted by Crippen LogP contribution is 2.39. The molecule has 106 valence electrons. The molecule has 3 rings (SSSR count). The molecule has 3 heterocycles. The van der Waals surface area contributed by atoms with Gasteiger partial charge in [0.25, 0.3) is 10.0 Å². The Bertz CT molecular complexity index is 572. The molecular weight excluding hydrogens is 288 g/mol. The molecule has 8 heteroatoms. The minimum Gasteiger partial charge on any atom is -0.316 e.